The van der Waals surface area contributed by atoms with Gasteiger partial charge in [-0.2, -0.15) is 0 Å². The summed E-state index contributed by atoms with van der Waals surface area (Å²) >= 11 is 0. The molecule has 0 aliphatic carbocycles. The number of aliphatic imine (C=N–C) groups is 1. The standard InChI is InChI=1S/C14H22N2O/c1-9(2)12-7-5-11-6-8-13(17)16(10(3)4)14(11)15-12/h9-10H,5-8H2,1-4H3. The van der Waals surface area contributed by atoms with Crippen LogP contribution in [0.15, 0.2) is 16.4 Å². The molecule has 0 radical (unpaired) electrons. The highest BCUT2D eigenvalue weighted by atomic mass is 16.2. The SMILES string of the molecule is CC(C)C1=NC2=C(CCC(=O)N2C(C)C)CC1. The zero-order valence-electron chi connectivity index (χ0n) is 11.3. The third-order valence-electron chi connectivity index (χ3n) is 3.57. The fourth-order valence-corrected chi connectivity index (χ4v) is 2.57. The van der Waals surface area contributed by atoms with E-state index in [1.165, 1.54) is 11.3 Å². The number of hydrogen-bond donors (Lipinski definition) is 0. The van der Waals surface area contributed by atoms with E-state index in [9.17, 15) is 4.79 Å². The Morgan fingerprint density at radius 3 is 2.29 bits per heavy atom. The lowest BCUT2D eigenvalue weighted by atomic mass is 9.92. The van der Waals surface area contributed by atoms with Crippen LogP contribution in [0.2, 0.25) is 0 Å². The Balaban J connectivity index is 2.38. The number of carbonyl (C=O) groups is 1. The largest absolute Gasteiger partial charge is 0.294 e. The minimum atomic E-state index is 0.211. The van der Waals surface area contributed by atoms with Crippen LogP contribution in [0.3, 0.4) is 0 Å². The van der Waals surface area contributed by atoms with Crippen LogP contribution < -0.4 is 0 Å². The van der Waals surface area contributed by atoms with Crippen LogP contribution in [-0.4, -0.2) is 22.6 Å². The molecule has 94 valence electrons. The summed E-state index contributed by atoms with van der Waals surface area (Å²) in [6.07, 6.45) is 3.72. The number of rotatable bonds is 2. The Kier molecular flexibility index (Phi) is 3.36. The molecule has 0 aromatic rings. The van der Waals surface area contributed by atoms with Crippen molar-refractivity contribution < 1.29 is 4.79 Å². The molecule has 0 N–H and O–H groups in total. The van der Waals surface area contributed by atoms with Gasteiger partial charge in [-0.05, 0) is 44.6 Å². The van der Waals surface area contributed by atoms with Gasteiger partial charge in [0, 0.05) is 18.2 Å². The number of carbonyl (C=O) groups excluding carboxylic acids is 1. The van der Waals surface area contributed by atoms with Gasteiger partial charge in [0.25, 0.3) is 0 Å². The number of allylic oxidation sites excluding steroid dienone is 1. The number of hydrogen-bond acceptors (Lipinski definition) is 2. The lowest BCUT2D eigenvalue weighted by Crippen LogP contribution is -2.40. The maximum atomic E-state index is 12.0. The Bertz CT molecular complexity index is 391. The van der Waals surface area contributed by atoms with E-state index in [1.807, 2.05) is 4.90 Å². The molecule has 0 aromatic heterocycles. The molecule has 0 fully saturated rings. The fraction of sp³-hybridized carbons (Fsp3) is 0.714. The van der Waals surface area contributed by atoms with Gasteiger partial charge >= 0.3 is 0 Å². The number of nitrogens with zero attached hydrogens (tertiary/aromatic N) is 2. The van der Waals surface area contributed by atoms with Crippen molar-refractivity contribution in [2.24, 2.45) is 10.9 Å². The van der Waals surface area contributed by atoms with Crippen LogP contribution in [0.5, 0.6) is 0 Å². The van der Waals surface area contributed by atoms with E-state index in [2.05, 4.69) is 27.7 Å². The molecule has 0 bridgehead atoms. The lowest BCUT2D eigenvalue weighted by Gasteiger charge is -2.35. The molecule has 0 unspecified atom stereocenters. The molecule has 2 rings (SSSR count). The van der Waals surface area contributed by atoms with Crippen molar-refractivity contribution in [1.82, 2.24) is 4.90 Å². The summed E-state index contributed by atoms with van der Waals surface area (Å²) in [4.78, 5) is 18.6. The summed E-state index contributed by atoms with van der Waals surface area (Å²) in [5.41, 5.74) is 2.62. The number of amides is 1. The van der Waals surface area contributed by atoms with Crippen LogP contribution >= 0.6 is 0 Å². The van der Waals surface area contributed by atoms with Crippen LogP contribution in [0.25, 0.3) is 0 Å². The maximum absolute atomic E-state index is 12.0. The summed E-state index contributed by atoms with van der Waals surface area (Å²) in [5.74, 6) is 1.67. The molecular formula is C14H22N2O. The van der Waals surface area contributed by atoms with Gasteiger partial charge in [0.2, 0.25) is 5.91 Å². The topological polar surface area (TPSA) is 32.7 Å². The first kappa shape index (κ1) is 12.3. The smallest absolute Gasteiger partial charge is 0.228 e. The zero-order chi connectivity index (χ0) is 12.6. The Morgan fingerprint density at radius 1 is 1.06 bits per heavy atom. The maximum Gasteiger partial charge on any atom is 0.228 e. The second kappa shape index (κ2) is 4.63. The van der Waals surface area contributed by atoms with E-state index >= 15 is 0 Å². The molecule has 0 aromatic carbocycles. The molecule has 3 nitrogen and oxygen atoms in total. The Labute approximate surface area is 104 Å². The molecule has 1 amide bonds. The van der Waals surface area contributed by atoms with Crippen molar-refractivity contribution in [3.8, 4) is 0 Å². The Morgan fingerprint density at radius 2 is 1.71 bits per heavy atom. The molecule has 2 heterocycles. The molecule has 0 spiro atoms. The summed E-state index contributed by atoms with van der Waals surface area (Å²) in [7, 11) is 0. The van der Waals surface area contributed by atoms with Gasteiger partial charge in [0.15, 0.2) is 0 Å². The molecule has 2 aliphatic heterocycles. The minimum Gasteiger partial charge on any atom is -0.294 e. The third kappa shape index (κ3) is 2.28. The van der Waals surface area contributed by atoms with Gasteiger partial charge in [0.1, 0.15) is 5.82 Å². The lowest BCUT2D eigenvalue weighted by molar-refractivity contribution is -0.131. The Hall–Kier alpha value is -1.12. The van der Waals surface area contributed by atoms with E-state index < -0.39 is 0 Å². The molecule has 0 saturated carbocycles. The average molecular weight is 234 g/mol. The van der Waals surface area contributed by atoms with Gasteiger partial charge in [-0.25, -0.2) is 4.99 Å². The second-order valence-corrected chi connectivity index (χ2v) is 5.54. The van der Waals surface area contributed by atoms with Gasteiger partial charge in [-0.1, -0.05) is 13.8 Å². The summed E-state index contributed by atoms with van der Waals surface area (Å²) in [5, 5.41) is 0. The van der Waals surface area contributed by atoms with Crippen molar-refractivity contribution in [3.63, 3.8) is 0 Å². The summed E-state index contributed by atoms with van der Waals surface area (Å²) < 4.78 is 0. The first-order chi connectivity index (χ1) is 8.00. The highest BCUT2D eigenvalue weighted by molar-refractivity contribution is 5.90. The van der Waals surface area contributed by atoms with Crippen molar-refractivity contribution in [2.45, 2.75) is 59.4 Å². The van der Waals surface area contributed by atoms with Gasteiger partial charge in [0.05, 0.1) is 0 Å². The quantitative estimate of drug-likeness (QED) is 0.722. The van der Waals surface area contributed by atoms with Gasteiger partial charge in [-0.3, -0.25) is 9.69 Å². The van der Waals surface area contributed by atoms with Crippen molar-refractivity contribution >= 4 is 11.6 Å². The van der Waals surface area contributed by atoms with Crippen LogP contribution in [0, 0.1) is 5.92 Å². The fourth-order valence-electron chi connectivity index (χ4n) is 2.57. The van der Waals surface area contributed by atoms with Crippen molar-refractivity contribution in [3.05, 3.63) is 11.4 Å². The molecule has 0 atom stereocenters. The van der Waals surface area contributed by atoms with Crippen LogP contribution in [0.1, 0.15) is 53.4 Å². The predicted octanol–water partition coefficient (Wildman–Crippen LogP) is 3.12. The van der Waals surface area contributed by atoms with E-state index in [0.717, 1.165) is 25.1 Å². The monoisotopic (exact) mass is 234 g/mol. The van der Waals surface area contributed by atoms with E-state index in [0.29, 0.717) is 12.3 Å². The van der Waals surface area contributed by atoms with E-state index in [4.69, 9.17) is 4.99 Å². The van der Waals surface area contributed by atoms with E-state index in [1.54, 1.807) is 0 Å². The van der Waals surface area contributed by atoms with Gasteiger partial charge < -0.3 is 0 Å². The first-order valence-electron chi connectivity index (χ1n) is 6.62. The first-order valence-corrected chi connectivity index (χ1v) is 6.62. The second-order valence-electron chi connectivity index (χ2n) is 5.54. The average Bonchev–Trinajstić information content (AvgIpc) is 2.27. The normalized spacial score (nSPS) is 21.2. The van der Waals surface area contributed by atoms with E-state index in [-0.39, 0.29) is 11.9 Å². The third-order valence-corrected chi connectivity index (χ3v) is 3.57. The van der Waals surface area contributed by atoms with Crippen LogP contribution in [0.4, 0.5) is 0 Å². The van der Waals surface area contributed by atoms with Crippen molar-refractivity contribution in [2.75, 3.05) is 0 Å². The predicted molar refractivity (Wildman–Crippen MR) is 69.7 cm³/mol. The highest BCUT2D eigenvalue weighted by Crippen LogP contribution is 2.33. The molecule has 2 aliphatic rings. The summed E-state index contributed by atoms with van der Waals surface area (Å²) in [6.45, 7) is 8.48. The minimum absolute atomic E-state index is 0.211. The highest BCUT2D eigenvalue weighted by Gasteiger charge is 2.31. The van der Waals surface area contributed by atoms with Gasteiger partial charge in [-0.15, -0.1) is 0 Å². The molecule has 17 heavy (non-hydrogen) atoms. The molecule has 3 heteroatoms. The zero-order valence-corrected chi connectivity index (χ0v) is 11.3. The van der Waals surface area contributed by atoms with Crippen molar-refractivity contribution in [1.29, 1.82) is 0 Å². The van der Waals surface area contributed by atoms with Crippen LogP contribution in [-0.2, 0) is 4.79 Å². The molecular weight excluding hydrogens is 212 g/mol. The summed E-state index contributed by atoms with van der Waals surface area (Å²) in [6, 6.07) is 0.211. The molecule has 0 saturated heterocycles.